The normalized spacial score (nSPS) is 23.2. The molecule has 0 saturated carbocycles. The van der Waals surface area contributed by atoms with E-state index in [1.165, 1.54) is 16.9 Å². The third-order valence-electron chi connectivity index (χ3n) is 5.02. The highest BCUT2D eigenvalue weighted by molar-refractivity contribution is 7.14. The molecule has 0 fully saturated rings. The number of hydrogen-bond donors (Lipinski definition) is 1. The van der Waals surface area contributed by atoms with Gasteiger partial charge in [-0.3, -0.25) is 4.79 Å². The third-order valence-corrected chi connectivity index (χ3v) is 6.26. The van der Waals surface area contributed by atoms with Crippen molar-refractivity contribution in [2.24, 2.45) is 5.92 Å². The van der Waals surface area contributed by atoms with Crippen LogP contribution in [0.4, 0.5) is 0 Å². The second kappa shape index (κ2) is 5.74. The Bertz CT molecular complexity index is 748. The van der Waals surface area contributed by atoms with Crippen molar-refractivity contribution in [1.82, 2.24) is 20.1 Å². The maximum atomic E-state index is 12.6. The fraction of sp³-hybridized carbons (Fsp3) is 0.588. The maximum Gasteiger partial charge on any atom is 0.261 e. The van der Waals surface area contributed by atoms with E-state index >= 15 is 0 Å². The van der Waals surface area contributed by atoms with Gasteiger partial charge in [0.15, 0.2) is 0 Å². The molecule has 1 N–H and O–H groups in total. The molecule has 23 heavy (non-hydrogen) atoms. The van der Waals surface area contributed by atoms with Crippen molar-refractivity contribution in [3.8, 4) is 0 Å². The summed E-state index contributed by atoms with van der Waals surface area (Å²) in [5.74, 6) is 2.78. The number of aryl methyl sites for hydroxylation is 3. The number of carbonyl (C=O) groups excluding carboxylic acids is 1. The van der Waals surface area contributed by atoms with Crippen LogP contribution in [0.25, 0.3) is 0 Å². The Kier molecular flexibility index (Phi) is 3.71. The van der Waals surface area contributed by atoms with Gasteiger partial charge in [0.1, 0.15) is 11.6 Å². The first kappa shape index (κ1) is 14.9. The molecule has 0 unspecified atom stereocenters. The SMILES string of the molecule is Cc1nnc2n1C[C@H](NC(=O)c1cc3c(s1)CC[C@H](C)C3)CC2. The minimum atomic E-state index is 0.0798. The van der Waals surface area contributed by atoms with Gasteiger partial charge in [-0.05, 0) is 50.2 Å². The molecule has 2 aromatic rings. The standard InChI is InChI=1S/C17H22N4OS/c1-10-3-5-14-12(7-10)8-15(23-14)17(22)18-13-4-6-16-20-19-11(2)21(16)9-13/h8,10,13H,3-7,9H2,1-2H3,(H,18,22)/t10-,13+/m0/s1. The van der Waals surface area contributed by atoms with Gasteiger partial charge >= 0.3 is 0 Å². The van der Waals surface area contributed by atoms with Crippen molar-refractivity contribution in [3.63, 3.8) is 0 Å². The molecule has 0 spiro atoms. The molecule has 0 saturated heterocycles. The number of fused-ring (bicyclic) bond motifs is 2. The number of rotatable bonds is 2. The molecule has 122 valence electrons. The molecule has 3 heterocycles. The first-order valence-corrected chi connectivity index (χ1v) is 9.23. The highest BCUT2D eigenvalue weighted by atomic mass is 32.1. The molecule has 2 atom stereocenters. The molecular weight excluding hydrogens is 308 g/mol. The van der Waals surface area contributed by atoms with Gasteiger partial charge in [-0.15, -0.1) is 21.5 Å². The summed E-state index contributed by atoms with van der Waals surface area (Å²) in [6.45, 7) is 5.04. The highest BCUT2D eigenvalue weighted by Gasteiger charge is 2.25. The third kappa shape index (κ3) is 2.80. The lowest BCUT2D eigenvalue weighted by molar-refractivity contribution is 0.0931. The molecule has 1 aliphatic heterocycles. The minimum Gasteiger partial charge on any atom is -0.347 e. The van der Waals surface area contributed by atoms with Crippen LogP contribution in [-0.4, -0.2) is 26.7 Å². The van der Waals surface area contributed by atoms with Crippen LogP contribution in [-0.2, 0) is 25.8 Å². The van der Waals surface area contributed by atoms with E-state index in [0.29, 0.717) is 0 Å². The monoisotopic (exact) mass is 330 g/mol. The van der Waals surface area contributed by atoms with Crippen molar-refractivity contribution < 1.29 is 4.79 Å². The van der Waals surface area contributed by atoms with E-state index in [-0.39, 0.29) is 11.9 Å². The van der Waals surface area contributed by atoms with E-state index < -0.39 is 0 Å². The molecule has 6 heteroatoms. The Morgan fingerprint density at radius 1 is 1.35 bits per heavy atom. The first-order chi connectivity index (χ1) is 11.1. The second-order valence-corrected chi connectivity index (χ2v) is 8.03. The van der Waals surface area contributed by atoms with Crippen molar-refractivity contribution in [2.75, 3.05) is 0 Å². The summed E-state index contributed by atoms with van der Waals surface area (Å²) in [6.07, 6.45) is 5.30. The lowest BCUT2D eigenvalue weighted by Crippen LogP contribution is -2.41. The Hall–Kier alpha value is -1.69. The Morgan fingerprint density at radius 3 is 3.09 bits per heavy atom. The van der Waals surface area contributed by atoms with E-state index in [1.807, 2.05) is 6.92 Å². The fourth-order valence-electron chi connectivity index (χ4n) is 3.65. The summed E-state index contributed by atoms with van der Waals surface area (Å²) in [5.41, 5.74) is 1.39. The van der Waals surface area contributed by atoms with Crippen LogP contribution in [0.2, 0.25) is 0 Å². The summed E-state index contributed by atoms with van der Waals surface area (Å²) in [6, 6.07) is 2.28. The van der Waals surface area contributed by atoms with Gasteiger partial charge in [0.05, 0.1) is 4.88 Å². The Labute approximate surface area is 140 Å². The Morgan fingerprint density at radius 2 is 2.22 bits per heavy atom. The predicted molar refractivity (Wildman–Crippen MR) is 89.8 cm³/mol. The van der Waals surface area contributed by atoms with Gasteiger partial charge in [-0.1, -0.05) is 6.92 Å². The average molecular weight is 330 g/mol. The number of thiophene rings is 1. The van der Waals surface area contributed by atoms with Crippen LogP contribution < -0.4 is 5.32 Å². The fourth-order valence-corrected chi connectivity index (χ4v) is 4.77. The van der Waals surface area contributed by atoms with Gasteiger partial charge < -0.3 is 9.88 Å². The van der Waals surface area contributed by atoms with Gasteiger partial charge in [-0.2, -0.15) is 0 Å². The summed E-state index contributed by atoms with van der Waals surface area (Å²) < 4.78 is 2.12. The van der Waals surface area contributed by atoms with E-state index in [2.05, 4.69) is 33.1 Å². The van der Waals surface area contributed by atoms with Crippen molar-refractivity contribution in [1.29, 1.82) is 0 Å². The first-order valence-electron chi connectivity index (χ1n) is 8.41. The second-order valence-electron chi connectivity index (χ2n) is 6.89. The van der Waals surface area contributed by atoms with Gasteiger partial charge in [0, 0.05) is 23.9 Å². The zero-order valence-electron chi connectivity index (χ0n) is 13.6. The van der Waals surface area contributed by atoms with Crippen molar-refractivity contribution in [3.05, 3.63) is 33.0 Å². The van der Waals surface area contributed by atoms with Crippen LogP contribution in [0.1, 0.15) is 51.5 Å². The number of nitrogens with zero attached hydrogens (tertiary/aromatic N) is 3. The van der Waals surface area contributed by atoms with E-state index in [4.69, 9.17) is 0 Å². The molecule has 0 bridgehead atoms. The summed E-state index contributed by atoms with van der Waals surface area (Å²) in [5, 5.41) is 11.5. The number of hydrogen-bond acceptors (Lipinski definition) is 4. The van der Waals surface area contributed by atoms with E-state index in [1.54, 1.807) is 11.3 Å². The number of aromatic nitrogens is 3. The number of amides is 1. The zero-order valence-corrected chi connectivity index (χ0v) is 14.4. The van der Waals surface area contributed by atoms with Gasteiger partial charge in [-0.25, -0.2) is 0 Å². The number of nitrogens with one attached hydrogen (secondary N) is 1. The van der Waals surface area contributed by atoms with Crippen molar-refractivity contribution in [2.45, 2.75) is 58.5 Å². The average Bonchev–Trinajstić information content (AvgIpc) is 3.11. The molecular formula is C17H22N4OS. The molecule has 4 rings (SSSR count). The summed E-state index contributed by atoms with van der Waals surface area (Å²) in [4.78, 5) is 14.9. The van der Waals surface area contributed by atoms with Crippen LogP contribution in [0, 0.1) is 12.8 Å². The predicted octanol–water partition coefficient (Wildman–Crippen LogP) is 2.52. The molecule has 2 aromatic heterocycles. The van der Waals surface area contributed by atoms with Crippen LogP contribution in [0.3, 0.4) is 0 Å². The zero-order chi connectivity index (χ0) is 16.0. The lowest BCUT2D eigenvalue weighted by Gasteiger charge is -2.24. The minimum absolute atomic E-state index is 0.0798. The van der Waals surface area contributed by atoms with Crippen molar-refractivity contribution >= 4 is 17.2 Å². The molecule has 5 nitrogen and oxygen atoms in total. The van der Waals surface area contributed by atoms with E-state index in [9.17, 15) is 4.79 Å². The maximum absolute atomic E-state index is 12.6. The molecule has 0 aromatic carbocycles. The summed E-state index contributed by atoms with van der Waals surface area (Å²) in [7, 11) is 0. The van der Waals surface area contributed by atoms with Gasteiger partial charge in [0.2, 0.25) is 0 Å². The van der Waals surface area contributed by atoms with Crippen LogP contribution in [0.5, 0.6) is 0 Å². The summed E-state index contributed by atoms with van der Waals surface area (Å²) >= 11 is 1.68. The molecule has 2 aliphatic rings. The highest BCUT2D eigenvalue weighted by Crippen LogP contribution is 2.32. The van der Waals surface area contributed by atoms with Crippen LogP contribution in [0.15, 0.2) is 6.07 Å². The quantitative estimate of drug-likeness (QED) is 0.920. The van der Waals surface area contributed by atoms with Crippen LogP contribution >= 0.6 is 11.3 Å². The molecule has 0 radical (unpaired) electrons. The van der Waals surface area contributed by atoms with Gasteiger partial charge in [0.25, 0.3) is 5.91 Å². The molecule has 1 aliphatic carbocycles. The smallest absolute Gasteiger partial charge is 0.261 e. The lowest BCUT2D eigenvalue weighted by atomic mass is 9.90. The topological polar surface area (TPSA) is 59.8 Å². The number of carbonyl (C=O) groups is 1. The molecule has 1 amide bonds. The largest absolute Gasteiger partial charge is 0.347 e. The Balaban J connectivity index is 1.46. The van der Waals surface area contributed by atoms with E-state index in [0.717, 1.165) is 54.7 Å².